The van der Waals surface area contributed by atoms with E-state index in [0.29, 0.717) is 5.41 Å². The van der Waals surface area contributed by atoms with Crippen molar-refractivity contribution in [2.75, 3.05) is 33.2 Å². The largest absolute Gasteiger partial charge is 0.337 e. The van der Waals surface area contributed by atoms with Crippen molar-refractivity contribution in [3.05, 3.63) is 18.0 Å². The van der Waals surface area contributed by atoms with E-state index in [9.17, 15) is 4.79 Å². The fourth-order valence-corrected chi connectivity index (χ4v) is 3.68. The molecule has 3 heterocycles. The topological polar surface area (TPSA) is 41.4 Å². The summed E-state index contributed by atoms with van der Waals surface area (Å²) in [6.45, 7) is 7.08. The van der Waals surface area contributed by atoms with Gasteiger partial charge in [0.15, 0.2) is 0 Å². The van der Waals surface area contributed by atoms with Crippen LogP contribution in [0, 0.1) is 5.41 Å². The van der Waals surface area contributed by atoms with Crippen molar-refractivity contribution >= 4 is 5.91 Å². The highest BCUT2D eigenvalue weighted by Crippen LogP contribution is 2.40. The lowest BCUT2D eigenvalue weighted by atomic mass is 9.78. The lowest BCUT2D eigenvalue weighted by molar-refractivity contribution is 0.0724. The maximum absolute atomic E-state index is 12.7. The van der Waals surface area contributed by atoms with Crippen molar-refractivity contribution in [3.8, 4) is 0 Å². The summed E-state index contributed by atoms with van der Waals surface area (Å²) < 4.78 is 1.85. The Labute approximate surface area is 126 Å². The first-order valence-electron chi connectivity index (χ1n) is 8.13. The van der Waals surface area contributed by atoms with E-state index >= 15 is 0 Å². The molecular weight excluding hydrogens is 264 g/mol. The number of hydrogen-bond donors (Lipinski definition) is 0. The zero-order valence-corrected chi connectivity index (χ0v) is 13.2. The first-order chi connectivity index (χ1) is 10.1. The zero-order valence-electron chi connectivity index (χ0n) is 13.2. The molecule has 21 heavy (non-hydrogen) atoms. The molecule has 2 fully saturated rings. The van der Waals surface area contributed by atoms with Crippen molar-refractivity contribution in [3.63, 3.8) is 0 Å². The molecule has 2 saturated heterocycles. The number of amides is 1. The number of aromatic nitrogens is 2. The predicted octanol–water partition coefficient (Wildman–Crippen LogP) is 1.85. The highest BCUT2D eigenvalue weighted by Gasteiger charge is 2.41. The van der Waals surface area contributed by atoms with E-state index in [0.717, 1.165) is 51.3 Å². The normalized spacial score (nSPS) is 22.1. The summed E-state index contributed by atoms with van der Waals surface area (Å²) >= 11 is 0. The van der Waals surface area contributed by atoms with Crippen LogP contribution in [0.1, 0.15) is 43.1 Å². The molecule has 3 rings (SSSR count). The standard InChI is InChI=1S/C16H26N4O/c1-3-9-20-14(4-8-17-20)15(21)19-12-7-16(13-19)5-10-18(2)11-6-16/h4,8H,3,5-7,9-13H2,1-2H3. The molecule has 0 atom stereocenters. The van der Waals surface area contributed by atoms with E-state index < -0.39 is 0 Å². The summed E-state index contributed by atoms with van der Waals surface area (Å²) in [7, 11) is 2.19. The molecule has 2 aliphatic heterocycles. The molecule has 0 aromatic carbocycles. The van der Waals surface area contributed by atoms with Crippen molar-refractivity contribution in [1.29, 1.82) is 0 Å². The van der Waals surface area contributed by atoms with Crippen LogP contribution in [0.3, 0.4) is 0 Å². The lowest BCUT2D eigenvalue weighted by Crippen LogP contribution is -2.40. The van der Waals surface area contributed by atoms with E-state index in [1.165, 1.54) is 12.8 Å². The SMILES string of the molecule is CCCn1nccc1C(=O)N1CCC2(CCN(C)CC2)C1. The van der Waals surface area contributed by atoms with Gasteiger partial charge in [0, 0.05) is 25.8 Å². The molecule has 116 valence electrons. The van der Waals surface area contributed by atoms with E-state index in [-0.39, 0.29) is 5.91 Å². The van der Waals surface area contributed by atoms with Crippen LogP contribution in [0.4, 0.5) is 0 Å². The van der Waals surface area contributed by atoms with Crippen LogP contribution in [-0.4, -0.2) is 58.7 Å². The van der Waals surface area contributed by atoms with Gasteiger partial charge in [0.25, 0.3) is 5.91 Å². The minimum atomic E-state index is 0.164. The molecule has 0 unspecified atom stereocenters. The van der Waals surface area contributed by atoms with Crippen LogP contribution in [0.5, 0.6) is 0 Å². The van der Waals surface area contributed by atoms with Gasteiger partial charge in [-0.25, -0.2) is 0 Å². The number of aryl methyl sites for hydroxylation is 1. The highest BCUT2D eigenvalue weighted by molar-refractivity contribution is 5.92. The van der Waals surface area contributed by atoms with Gasteiger partial charge in [0.05, 0.1) is 0 Å². The van der Waals surface area contributed by atoms with Crippen molar-refractivity contribution in [2.45, 2.75) is 39.2 Å². The van der Waals surface area contributed by atoms with Gasteiger partial charge in [-0.3, -0.25) is 9.48 Å². The maximum Gasteiger partial charge on any atom is 0.272 e. The summed E-state index contributed by atoms with van der Waals surface area (Å²) in [5.41, 5.74) is 1.12. The lowest BCUT2D eigenvalue weighted by Gasteiger charge is -2.37. The Hall–Kier alpha value is -1.36. The van der Waals surface area contributed by atoms with Gasteiger partial charge < -0.3 is 9.80 Å². The average Bonchev–Trinajstić information content (AvgIpc) is 3.10. The van der Waals surface area contributed by atoms with Crippen molar-refractivity contribution < 1.29 is 4.79 Å². The van der Waals surface area contributed by atoms with Gasteiger partial charge in [0.2, 0.25) is 0 Å². The second-order valence-electron chi connectivity index (χ2n) is 6.72. The fraction of sp³-hybridized carbons (Fsp3) is 0.750. The fourth-order valence-electron chi connectivity index (χ4n) is 3.68. The van der Waals surface area contributed by atoms with Crippen LogP contribution in [-0.2, 0) is 6.54 Å². The third-order valence-corrected chi connectivity index (χ3v) is 5.14. The highest BCUT2D eigenvalue weighted by atomic mass is 16.2. The quantitative estimate of drug-likeness (QED) is 0.853. The third-order valence-electron chi connectivity index (χ3n) is 5.14. The number of carbonyl (C=O) groups is 1. The Balaban J connectivity index is 1.68. The smallest absolute Gasteiger partial charge is 0.272 e. The first kappa shape index (κ1) is 14.6. The number of carbonyl (C=O) groups excluding carboxylic acids is 1. The zero-order chi connectivity index (χ0) is 14.9. The van der Waals surface area contributed by atoms with Gasteiger partial charge in [-0.15, -0.1) is 0 Å². The number of piperidine rings is 1. The number of rotatable bonds is 3. The molecular formula is C16H26N4O. The van der Waals surface area contributed by atoms with E-state index in [1.54, 1.807) is 6.20 Å². The molecule has 0 saturated carbocycles. The summed E-state index contributed by atoms with van der Waals surface area (Å²) in [4.78, 5) is 17.2. The van der Waals surface area contributed by atoms with E-state index in [4.69, 9.17) is 0 Å². The number of nitrogens with zero attached hydrogens (tertiary/aromatic N) is 4. The molecule has 0 radical (unpaired) electrons. The van der Waals surface area contributed by atoms with Crippen molar-refractivity contribution in [2.24, 2.45) is 5.41 Å². The first-order valence-corrected chi connectivity index (χ1v) is 8.13. The van der Waals surface area contributed by atoms with Crippen LogP contribution < -0.4 is 0 Å². The summed E-state index contributed by atoms with van der Waals surface area (Å²) in [6.07, 6.45) is 6.35. The number of likely N-dealkylation sites (tertiary alicyclic amines) is 2. The molecule has 0 bridgehead atoms. The summed E-state index contributed by atoms with van der Waals surface area (Å²) in [5.74, 6) is 0.164. The Morgan fingerprint density at radius 2 is 2.00 bits per heavy atom. The van der Waals surface area contributed by atoms with Gasteiger partial charge in [-0.05, 0) is 57.3 Å². The van der Waals surface area contributed by atoms with Gasteiger partial charge in [0.1, 0.15) is 5.69 Å². The number of hydrogen-bond acceptors (Lipinski definition) is 3. The molecule has 0 N–H and O–H groups in total. The molecule has 2 aliphatic rings. The van der Waals surface area contributed by atoms with Gasteiger partial charge in [-0.2, -0.15) is 5.10 Å². The molecule has 5 heteroatoms. The van der Waals surface area contributed by atoms with E-state index in [2.05, 4.69) is 28.9 Å². The van der Waals surface area contributed by atoms with Crippen molar-refractivity contribution in [1.82, 2.24) is 19.6 Å². The van der Waals surface area contributed by atoms with Gasteiger partial charge in [-0.1, -0.05) is 6.92 Å². The Morgan fingerprint density at radius 3 is 2.71 bits per heavy atom. The van der Waals surface area contributed by atoms with Gasteiger partial charge >= 0.3 is 0 Å². The molecule has 1 spiro atoms. The minimum Gasteiger partial charge on any atom is -0.337 e. The average molecular weight is 290 g/mol. The second kappa shape index (κ2) is 5.79. The molecule has 1 aromatic rings. The van der Waals surface area contributed by atoms with Crippen LogP contribution in [0.25, 0.3) is 0 Å². The summed E-state index contributed by atoms with van der Waals surface area (Å²) in [5, 5.41) is 4.27. The molecule has 1 amide bonds. The summed E-state index contributed by atoms with van der Waals surface area (Å²) in [6, 6.07) is 1.86. The Morgan fingerprint density at radius 1 is 1.29 bits per heavy atom. The monoisotopic (exact) mass is 290 g/mol. The molecule has 0 aliphatic carbocycles. The Kier molecular flexibility index (Phi) is 4.02. The predicted molar refractivity (Wildman–Crippen MR) is 82.2 cm³/mol. The van der Waals surface area contributed by atoms with Crippen LogP contribution >= 0.6 is 0 Å². The molecule has 5 nitrogen and oxygen atoms in total. The van der Waals surface area contributed by atoms with E-state index in [1.807, 2.05) is 10.7 Å². The van der Waals surface area contributed by atoms with Crippen LogP contribution in [0.15, 0.2) is 12.3 Å². The third kappa shape index (κ3) is 2.84. The molecule has 1 aromatic heterocycles. The second-order valence-corrected chi connectivity index (χ2v) is 6.72. The van der Waals surface area contributed by atoms with Crippen LogP contribution in [0.2, 0.25) is 0 Å². The maximum atomic E-state index is 12.7. The minimum absolute atomic E-state index is 0.164. The Bertz CT molecular complexity index is 502.